The van der Waals surface area contributed by atoms with E-state index in [9.17, 15) is 9.59 Å². The van der Waals surface area contributed by atoms with Crippen molar-refractivity contribution in [1.29, 1.82) is 0 Å². The second-order valence-corrected chi connectivity index (χ2v) is 5.02. The maximum atomic E-state index is 12.3. The van der Waals surface area contributed by atoms with Crippen molar-refractivity contribution in [2.45, 2.75) is 66.8 Å². The Hall–Kier alpha value is -1.06. The lowest BCUT2D eigenvalue weighted by molar-refractivity contribution is -0.151. The van der Waals surface area contributed by atoms with Crippen LogP contribution in [0, 0.1) is 11.8 Å². The van der Waals surface area contributed by atoms with Crippen molar-refractivity contribution in [3.8, 4) is 0 Å². The second kappa shape index (κ2) is 8.94. The number of carboxylic acids is 1. The van der Waals surface area contributed by atoms with Crippen LogP contribution in [0.25, 0.3) is 0 Å². The second-order valence-electron chi connectivity index (χ2n) is 5.02. The molecule has 3 unspecified atom stereocenters. The molecule has 1 aliphatic rings. The standard InChI is InChI=1S/C13H23NO3.2CH4/c1-4-10-7-5-6-8-11(10)12(15)14(3)9(2)13(16)17;;/h9-11H,4-8H2,1-3H3,(H,16,17);2*1H4. The maximum absolute atomic E-state index is 12.3. The van der Waals surface area contributed by atoms with Gasteiger partial charge in [0.05, 0.1) is 0 Å². The van der Waals surface area contributed by atoms with Crippen LogP contribution in [-0.4, -0.2) is 35.0 Å². The van der Waals surface area contributed by atoms with Crippen molar-refractivity contribution in [2.24, 2.45) is 11.8 Å². The van der Waals surface area contributed by atoms with E-state index in [1.807, 2.05) is 0 Å². The Kier molecular flexibility index (Phi) is 9.54. The van der Waals surface area contributed by atoms with Crippen molar-refractivity contribution in [3.63, 3.8) is 0 Å². The topological polar surface area (TPSA) is 57.6 Å². The first-order chi connectivity index (χ1) is 7.99. The number of carbonyl (C=O) groups is 2. The maximum Gasteiger partial charge on any atom is 0.326 e. The quantitative estimate of drug-likeness (QED) is 0.854. The van der Waals surface area contributed by atoms with E-state index in [0.717, 1.165) is 25.7 Å². The number of rotatable bonds is 4. The van der Waals surface area contributed by atoms with Gasteiger partial charge in [0.2, 0.25) is 5.91 Å². The number of nitrogens with zero attached hydrogens (tertiary/aromatic N) is 1. The molecular formula is C15H31NO3. The lowest BCUT2D eigenvalue weighted by Gasteiger charge is -2.34. The van der Waals surface area contributed by atoms with Crippen LogP contribution in [0.3, 0.4) is 0 Å². The minimum absolute atomic E-state index is 0. The van der Waals surface area contributed by atoms with Gasteiger partial charge in [0.25, 0.3) is 0 Å². The van der Waals surface area contributed by atoms with Crippen molar-refractivity contribution in [3.05, 3.63) is 0 Å². The molecule has 3 atom stereocenters. The van der Waals surface area contributed by atoms with Crippen LogP contribution in [0.2, 0.25) is 0 Å². The van der Waals surface area contributed by atoms with Gasteiger partial charge in [0, 0.05) is 13.0 Å². The molecule has 19 heavy (non-hydrogen) atoms. The van der Waals surface area contributed by atoms with E-state index in [2.05, 4.69) is 6.92 Å². The minimum Gasteiger partial charge on any atom is -0.480 e. The monoisotopic (exact) mass is 273 g/mol. The Morgan fingerprint density at radius 1 is 1.26 bits per heavy atom. The summed E-state index contributed by atoms with van der Waals surface area (Å²) in [5.41, 5.74) is 0. The van der Waals surface area contributed by atoms with Crippen LogP contribution in [0.15, 0.2) is 0 Å². The van der Waals surface area contributed by atoms with Crippen molar-refractivity contribution < 1.29 is 14.7 Å². The fraction of sp³-hybridized carbons (Fsp3) is 0.867. The third-order valence-corrected chi connectivity index (χ3v) is 4.04. The normalized spacial score (nSPS) is 23.5. The number of likely N-dealkylation sites (N-methyl/N-ethyl adjacent to an activating group) is 1. The van der Waals surface area contributed by atoms with Gasteiger partial charge < -0.3 is 10.0 Å². The summed E-state index contributed by atoms with van der Waals surface area (Å²) in [7, 11) is 1.60. The van der Waals surface area contributed by atoms with Crippen LogP contribution >= 0.6 is 0 Å². The van der Waals surface area contributed by atoms with Gasteiger partial charge >= 0.3 is 5.97 Å². The number of carbonyl (C=O) groups excluding carboxylic acids is 1. The molecule has 1 fully saturated rings. The number of hydrogen-bond acceptors (Lipinski definition) is 2. The van der Waals surface area contributed by atoms with Gasteiger partial charge in [0.15, 0.2) is 0 Å². The molecule has 1 saturated carbocycles. The summed E-state index contributed by atoms with van der Waals surface area (Å²) in [6, 6.07) is -0.734. The van der Waals surface area contributed by atoms with E-state index >= 15 is 0 Å². The highest BCUT2D eigenvalue weighted by atomic mass is 16.4. The predicted octanol–water partition coefficient (Wildman–Crippen LogP) is 3.41. The van der Waals surface area contributed by atoms with E-state index < -0.39 is 12.0 Å². The lowest BCUT2D eigenvalue weighted by Crippen LogP contribution is -2.45. The van der Waals surface area contributed by atoms with Gasteiger partial charge in [-0.15, -0.1) is 0 Å². The number of carboxylic acid groups (broad SMARTS) is 1. The predicted molar refractivity (Wildman–Crippen MR) is 79.1 cm³/mol. The first-order valence-electron chi connectivity index (χ1n) is 6.48. The molecule has 4 heteroatoms. The van der Waals surface area contributed by atoms with Gasteiger partial charge in [-0.2, -0.15) is 0 Å². The zero-order chi connectivity index (χ0) is 13.0. The summed E-state index contributed by atoms with van der Waals surface area (Å²) < 4.78 is 0. The van der Waals surface area contributed by atoms with E-state index in [1.165, 1.54) is 11.3 Å². The molecule has 1 amide bonds. The molecule has 0 spiro atoms. The lowest BCUT2D eigenvalue weighted by atomic mass is 9.77. The molecule has 114 valence electrons. The fourth-order valence-corrected chi connectivity index (χ4v) is 2.64. The number of amides is 1. The third kappa shape index (κ3) is 4.84. The van der Waals surface area contributed by atoms with E-state index in [0.29, 0.717) is 5.92 Å². The van der Waals surface area contributed by atoms with Gasteiger partial charge in [-0.25, -0.2) is 4.79 Å². The fourth-order valence-electron chi connectivity index (χ4n) is 2.64. The molecule has 0 aromatic carbocycles. The van der Waals surface area contributed by atoms with Crippen molar-refractivity contribution >= 4 is 11.9 Å². The molecule has 1 N–H and O–H groups in total. The Labute approximate surface area is 118 Å². The van der Waals surface area contributed by atoms with Gasteiger partial charge in [-0.05, 0) is 25.7 Å². The highest BCUT2D eigenvalue weighted by Gasteiger charge is 2.34. The Morgan fingerprint density at radius 3 is 2.26 bits per heavy atom. The van der Waals surface area contributed by atoms with Crippen molar-refractivity contribution in [2.75, 3.05) is 7.05 Å². The first kappa shape index (κ1) is 20.3. The zero-order valence-electron chi connectivity index (χ0n) is 11.0. The largest absolute Gasteiger partial charge is 0.480 e. The van der Waals surface area contributed by atoms with Crippen LogP contribution in [0.1, 0.15) is 60.8 Å². The highest BCUT2D eigenvalue weighted by Crippen LogP contribution is 2.33. The average molecular weight is 273 g/mol. The molecule has 4 nitrogen and oxygen atoms in total. The van der Waals surface area contributed by atoms with Gasteiger partial charge in [-0.3, -0.25) is 4.79 Å². The van der Waals surface area contributed by atoms with E-state index in [1.54, 1.807) is 14.0 Å². The third-order valence-electron chi connectivity index (χ3n) is 4.04. The van der Waals surface area contributed by atoms with Crippen LogP contribution in [0.5, 0.6) is 0 Å². The van der Waals surface area contributed by atoms with Crippen molar-refractivity contribution in [1.82, 2.24) is 4.90 Å². The summed E-state index contributed by atoms with van der Waals surface area (Å²) >= 11 is 0. The van der Waals surface area contributed by atoms with Crippen LogP contribution in [0.4, 0.5) is 0 Å². The summed E-state index contributed by atoms with van der Waals surface area (Å²) in [5, 5.41) is 8.93. The Bertz CT molecular complexity index is 291. The molecule has 0 aromatic heterocycles. The van der Waals surface area contributed by atoms with Crippen LogP contribution in [-0.2, 0) is 9.59 Å². The summed E-state index contributed by atoms with van der Waals surface area (Å²) in [5.74, 6) is -0.476. The molecular weight excluding hydrogens is 242 g/mol. The summed E-state index contributed by atoms with van der Waals surface area (Å²) in [6.45, 7) is 3.67. The van der Waals surface area contributed by atoms with Crippen LogP contribution < -0.4 is 0 Å². The van der Waals surface area contributed by atoms with E-state index in [-0.39, 0.29) is 26.7 Å². The molecule has 1 aliphatic carbocycles. The smallest absolute Gasteiger partial charge is 0.326 e. The Balaban J connectivity index is 0. The van der Waals surface area contributed by atoms with Gasteiger partial charge in [0.1, 0.15) is 6.04 Å². The average Bonchev–Trinajstić information content (AvgIpc) is 2.35. The number of aliphatic carboxylic acids is 1. The van der Waals surface area contributed by atoms with Gasteiger partial charge in [-0.1, -0.05) is 41.0 Å². The summed E-state index contributed by atoms with van der Waals surface area (Å²) in [6.07, 6.45) is 5.30. The first-order valence-corrected chi connectivity index (χ1v) is 6.48. The molecule has 0 aliphatic heterocycles. The minimum atomic E-state index is -0.940. The summed E-state index contributed by atoms with van der Waals surface area (Å²) in [4.78, 5) is 24.6. The Morgan fingerprint density at radius 2 is 1.79 bits per heavy atom. The molecule has 0 bridgehead atoms. The molecule has 0 heterocycles. The number of hydrogen-bond donors (Lipinski definition) is 1. The molecule has 1 rings (SSSR count). The van der Waals surface area contributed by atoms with E-state index in [4.69, 9.17) is 5.11 Å². The molecule has 0 radical (unpaired) electrons. The molecule has 0 saturated heterocycles. The molecule has 0 aromatic rings. The highest BCUT2D eigenvalue weighted by molar-refractivity contribution is 5.84. The SMILES string of the molecule is C.C.CCC1CCCCC1C(=O)N(C)C(C)C(=O)O. The zero-order valence-corrected chi connectivity index (χ0v) is 11.0.